The highest BCUT2D eigenvalue weighted by molar-refractivity contribution is 5.99. The van der Waals surface area contributed by atoms with Crippen molar-refractivity contribution in [1.29, 1.82) is 0 Å². The van der Waals surface area contributed by atoms with Crippen LogP contribution in [0.25, 0.3) is 22.0 Å². The molecule has 40 heavy (non-hydrogen) atoms. The van der Waals surface area contributed by atoms with Crippen LogP contribution in [0.2, 0.25) is 0 Å². The number of aromatic carboxylic acids is 1. The number of carboxylic acids is 1. The molecule has 202 valence electrons. The maximum absolute atomic E-state index is 14.2. The van der Waals surface area contributed by atoms with E-state index in [1.807, 2.05) is 56.3 Å². The summed E-state index contributed by atoms with van der Waals surface area (Å²) in [4.78, 5) is 24.6. The van der Waals surface area contributed by atoms with Crippen LogP contribution in [0.1, 0.15) is 56.1 Å². The van der Waals surface area contributed by atoms with Gasteiger partial charge in [-0.1, -0.05) is 48.5 Å². The predicted octanol–water partition coefficient (Wildman–Crippen LogP) is 7.44. The number of hydrogen-bond acceptors (Lipinski definition) is 2. The molecule has 2 N–H and O–H groups in total. The Morgan fingerprint density at radius 1 is 0.925 bits per heavy atom. The van der Waals surface area contributed by atoms with Crippen molar-refractivity contribution in [3.8, 4) is 11.1 Å². The van der Waals surface area contributed by atoms with Crippen LogP contribution >= 0.6 is 0 Å². The molecule has 4 aromatic carbocycles. The van der Waals surface area contributed by atoms with Gasteiger partial charge in [-0.05, 0) is 73.4 Å². The molecular weight excluding hydrogens is 510 g/mol. The molecule has 0 bridgehead atoms. The Hall–Kier alpha value is -4.78. The van der Waals surface area contributed by atoms with Crippen molar-refractivity contribution in [3.05, 3.63) is 130 Å². The van der Waals surface area contributed by atoms with Gasteiger partial charge < -0.3 is 15.0 Å². The van der Waals surface area contributed by atoms with Gasteiger partial charge in [0.2, 0.25) is 0 Å². The summed E-state index contributed by atoms with van der Waals surface area (Å²) in [7, 11) is 0. The number of nitrogens with one attached hydrogen (secondary N) is 1. The topological polar surface area (TPSA) is 71.3 Å². The molecule has 0 saturated heterocycles. The van der Waals surface area contributed by atoms with Gasteiger partial charge in [0.25, 0.3) is 5.91 Å². The Morgan fingerprint density at radius 3 is 2.35 bits per heavy atom. The first-order valence-electron chi connectivity index (χ1n) is 12.9. The molecule has 5 aromatic rings. The summed E-state index contributed by atoms with van der Waals surface area (Å²) in [6.07, 6.45) is 0. The molecule has 0 aliphatic heterocycles. The summed E-state index contributed by atoms with van der Waals surface area (Å²) in [5.41, 5.74) is 6.56. The maximum atomic E-state index is 14.2. The summed E-state index contributed by atoms with van der Waals surface area (Å²) in [5, 5.41) is 13.3. The van der Waals surface area contributed by atoms with Gasteiger partial charge in [-0.25, -0.2) is 13.6 Å². The van der Waals surface area contributed by atoms with Crippen LogP contribution in [0.15, 0.2) is 84.9 Å². The van der Waals surface area contributed by atoms with E-state index in [9.17, 15) is 23.5 Å². The van der Waals surface area contributed by atoms with Crippen LogP contribution in [0.5, 0.6) is 0 Å². The minimum absolute atomic E-state index is 0.214. The number of rotatable bonds is 7. The van der Waals surface area contributed by atoms with Crippen molar-refractivity contribution >= 4 is 22.8 Å². The van der Waals surface area contributed by atoms with E-state index in [4.69, 9.17) is 0 Å². The first-order chi connectivity index (χ1) is 19.1. The third-order valence-electron chi connectivity index (χ3n) is 7.44. The van der Waals surface area contributed by atoms with E-state index in [0.717, 1.165) is 39.4 Å². The molecule has 0 radical (unpaired) electrons. The van der Waals surface area contributed by atoms with Crippen molar-refractivity contribution in [2.24, 2.45) is 0 Å². The van der Waals surface area contributed by atoms with Crippen molar-refractivity contribution in [1.82, 2.24) is 9.88 Å². The lowest BCUT2D eigenvalue weighted by Crippen LogP contribution is -2.27. The summed E-state index contributed by atoms with van der Waals surface area (Å²) < 4.78 is 29.6. The Balaban J connectivity index is 1.38. The number of amides is 1. The maximum Gasteiger partial charge on any atom is 0.336 e. The van der Waals surface area contributed by atoms with Crippen molar-refractivity contribution in [2.75, 3.05) is 0 Å². The van der Waals surface area contributed by atoms with Gasteiger partial charge in [-0.2, -0.15) is 0 Å². The van der Waals surface area contributed by atoms with Gasteiger partial charge in [0.15, 0.2) is 0 Å². The molecule has 5 nitrogen and oxygen atoms in total. The molecule has 0 unspecified atom stereocenters. The van der Waals surface area contributed by atoms with E-state index in [0.29, 0.717) is 17.7 Å². The average Bonchev–Trinajstić information content (AvgIpc) is 3.17. The quantitative estimate of drug-likeness (QED) is 0.226. The Labute approximate surface area is 230 Å². The summed E-state index contributed by atoms with van der Waals surface area (Å²) in [6, 6.07) is 22.9. The number of carbonyl (C=O) groups is 2. The number of hydrogen-bond donors (Lipinski definition) is 2. The van der Waals surface area contributed by atoms with E-state index in [1.165, 1.54) is 12.1 Å². The molecule has 0 fully saturated rings. The summed E-state index contributed by atoms with van der Waals surface area (Å²) in [5.74, 6) is -2.68. The zero-order valence-corrected chi connectivity index (χ0v) is 22.3. The molecule has 1 atom stereocenters. The average molecular weight is 539 g/mol. The summed E-state index contributed by atoms with van der Waals surface area (Å²) in [6.45, 7) is 6.30. The molecule has 1 amide bonds. The van der Waals surface area contributed by atoms with E-state index < -0.39 is 23.6 Å². The molecule has 0 spiro atoms. The third kappa shape index (κ3) is 5.10. The predicted molar refractivity (Wildman–Crippen MR) is 152 cm³/mol. The van der Waals surface area contributed by atoms with Crippen LogP contribution in [0.3, 0.4) is 0 Å². The van der Waals surface area contributed by atoms with Crippen molar-refractivity contribution < 1.29 is 23.5 Å². The Kier molecular flexibility index (Phi) is 7.22. The lowest BCUT2D eigenvalue weighted by Gasteiger charge is -2.15. The minimum atomic E-state index is -0.963. The molecule has 1 heterocycles. The van der Waals surface area contributed by atoms with Crippen molar-refractivity contribution in [2.45, 2.75) is 33.4 Å². The second-order valence-corrected chi connectivity index (χ2v) is 9.94. The lowest BCUT2D eigenvalue weighted by atomic mass is 9.99. The highest BCUT2D eigenvalue weighted by Gasteiger charge is 2.18. The Morgan fingerprint density at radius 2 is 1.65 bits per heavy atom. The van der Waals surface area contributed by atoms with E-state index in [1.54, 1.807) is 31.2 Å². The molecule has 7 heteroatoms. The lowest BCUT2D eigenvalue weighted by molar-refractivity contribution is 0.0697. The highest BCUT2D eigenvalue weighted by atomic mass is 19.1. The van der Waals surface area contributed by atoms with Crippen LogP contribution in [-0.2, 0) is 6.54 Å². The zero-order chi connectivity index (χ0) is 28.6. The second-order valence-electron chi connectivity index (χ2n) is 9.94. The van der Waals surface area contributed by atoms with Gasteiger partial charge >= 0.3 is 5.97 Å². The molecule has 0 aliphatic carbocycles. The number of carboxylic acid groups (broad SMARTS) is 1. The smallest absolute Gasteiger partial charge is 0.336 e. The van der Waals surface area contributed by atoms with Gasteiger partial charge in [0, 0.05) is 40.3 Å². The van der Waals surface area contributed by atoms with Crippen LogP contribution in [0.4, 0.5) is 8.78 Å². The molecule has 5 rings (SSSR count). The standard InChI is InChI=1S/C33H28F2N2O3/c1-19-21(3)37(18-22-8-10-23(11-9-22)27-6-4-5-7-28(27)33(39)40)31-15-12-24(16-29(19)31)32(38)36-20(2)26-14-13-25(34)17-30(26)35/h4-17,20H,18H2,1-3H3,(H,36,38)(H,39,40)/t20-/m0/s1. The Bertz CT molecular complexity index is 1760. The number of aromatic nitrogens is 1. The molecular formula is C33H28F2N2O3. The molecule has 0 saturated carbocycles. The monoisotopic (exact) mass is 538 g/mol. The molecule has 0 aliphatic rings. The number of halogens is 2. The van der Waals surface area contributed by atoms with Gasteiger partial charge in [0.05, 0.1) is 11.6 Å². The largest absolute Gasteiger partial charge is 0.478 e. The van der Waals surface area contributed by atoms with Crippen LogP contribution in [0, 0.1) is 25.5 Å². The van der Waals surface area contributed by atoms with Gasteiger partial charge in [-0.3, -0.25) is 4.79 Å². The fraction of sp³-hybridized carbons (Fsp3) is 0.152. The number of aryl methyl sites for hydroxylation is 1. The van der Waals surface area contributed by atoms with Gasteiger partial charge in [0.1, 0.15) is 11.6 Å². The van der Waals surface area contributed by atoms with Crippen LogP contribution in [-0.4, -0.2) is 21.6 Å². The number of fused-ring (bicyclic) bond motifs is 1. The third-order valence-corrected chi connectivity index (χ3v) is 7.44. The van der Waals surface area contributed by atoms with Gasteiger partial charge in [-0.15, -0.1) is 0 Å². The fourth-order valence-electron chi connectivity index (χ4n) is 5.10. The normalized spacial score (nSPS) is 11.9. The summed E-state index contributed by atoms with van der Waals surface area (Å²) >= 11 is 0. The minimum Gasteiger partial charge on any atom is -0.478 e. The second kappa shape index (κ2) is 10.8. The fourth-order valence-corrected chi connectivity index (χ4v) is 5.10. The first kappa shape index (κ1) is 26.8. The first-order valence-corrected chi connectivity index (χ1v) is 12.9. The van der Waals surface area contributed by atoms with Crippen LogP contribution < -0.4 is 5.32 Å². The molecule has 1 aromatic heterocycles. The van der Waals surface area contributed by atoms with Crippen molar-refractivity contribution in [3.63, 3.8) is 0 Å². The number of benzene rings is 4. The van der Waals surface area contributed by atoms with E-state index in [-0.39, 0.29) is 17.0 Å². The van der Waals surface area contributed by atoms with E-state index in [2.05, 4.69) is 9.88 Å². The number of nitrogens with zero attached hydrogens (tertiary/aromatic N) is 1. The number of carbonyl (C=O) groups excluding carboxylic acids is 1. The van der Waals surface area contributed by atoms with E-state index >= 15 is 0 Å². The SMILES string of the molecule is Cc1c(C)n(Cc2ccc(-c3ccccc3C(=O)O)cc2)c2ccc(C(=O)N[C@@H](C)c3ccc(F)cc3F)cc12. The zero-order valence-electron chi connectivity index (χ0n) is 22.3. The highest BCUT2D eigenvalue weighted by Crippen LogP contribution is 2.29.